The van der Waals surface area contributed by atoms with Crippen molar-refractivity contribution < 1.29 is 4.52 Å². The third-order valence-corrected chi connectivity index (χ3v) is 5.60. The van der Waals surface area contributed by atoms with Crippen LogP contribution in [0.4, 0.5) is 0 Å². The van der Waals surface area contributed by atoms with Crippen LogP contribution in [-0.2, 0) is 0 Å². The molecule has 0 radical (unpaired) electrons. The molecule has 6 nitrogen and oxygen atoms in total. The standard InChI is InChI=1S/C27H22N4O2/c1-2-23(19-6-4-3-5-7-19)26(21-13-14-24-22(16-21)17-28-30-24)20-11-8-18(9-12-20)10-15-25-29-27(32)33-31-25/h3-17H,2H2,1H3,(H,28,30)(H,29,31,32). The minimum atomic E-state index is -0.567. The van der Waals surface area contributed by atoms with Crippen molar-refractivity contribution in [3.63, 3.8) is 0 Å². The number of aromatic nitrogens is 4. The van der Waals surface area contributed by atoms with E-state index in [9.17, 15) is 4.79 Å². The van der Waals surface area contributed by atoms with Crippen molar-refractivity contribution in [2.45, 2.75) is 13.3 Å². The number of benzene rings is 3. The molecule has 0 aliphatic rings. The molecule has 0 saturated heterocycles. The van der Waals surface area contributed by atoms with Crippen LogP contribution in [0.2, 0.25) is 0 Å². The summed E-state index contributed by atoms with van der Waals surface area (Å²) in [7, 11) is 0. The maximum Gasteiger partial charge on any atom is 0.439 e. The Hall–Kier alpha value is -4.45. The Morgan fingerprint density at radius 2 is 1.73 bits per heavy atom. The van der Waals surface area contributed by atoms with Gasteiger partial charge in [0.1, 0.15) is 0 Å². The molecule has 0 bridgehead atoms. The molecule has 0 spiro atoms. The molecule has 5 aromatic rings. The lowest BCUT2D eigenvalue weighted by Gasteiger charge is -2.16. The maximum atomic E-state index is 11.1. The predicted molar refractivity (Wildman–Crippen MR) is 131 cm³/mol. The first kappa shape index (κ1) is 20.5. The fourth-order valence-corrected chi connectivity index (χ4v) is 4.03. The van der Waals surface area contributed by atoms with Crippen LogP contribution in [0.15, 0.2) is 88.3 Å². The molecule has 2 N–H and O–H groups in total. The Labute approximate surface area is 190 Å². The molecule has 0 atom stereocenters. The van der Waals surface area contributed by atoms with E-state index in [1.165, 1.54) is 16.7 Å². The van der Waals surface area contributed by atoms with E-state index in [-0.39, 0.29) is 0 Å². The van der Waals surface area contributed by atoms with Crippen molar-refractivity contribution in [2.75, 3.05) is 0 Å². The van der Waals surface area contributed by atoms with Gasteiger partial charge in [-0.2, -0.15) is 5.10 Å². The number of hydrogen-bond donors (Lipinski definition) is 2. The summed E-state index contributed by atoms with van der Waals surface area (Å²) in [5.74, 6) is -0.183. The van der Waals surface area contributed by atoms with E-state index in [0.717, 1.165) is 34.0 Å². The van der Waals surface area contributed by atoms with Gasteiger partial charge in [-0.25, -0.2) is 4.79 Å². The van der Waals surface area contributed by atoms with Gasteiger partial charge in [0.05, 0.1) is 11.7 Å². The van der Waals surface area contributed by atoms with Crippen molar-refractivity contribution >= 4 is 34.2 Å². The van der Waals surface area contributed by atoms with Crippen molar-refractivity contribution in [1.29, 1.82) is 0 Å². The summed E-state index contributed by atoms with van der Waals surface area (Å²) in [6.45, 7) is 2.19. The average molecular weight is 434 g/mol. The van der Waals surface area contributed by atoms with Gasteiger partial charge in [-0.1, -0.05) is 78.8 Å². The number of rotatable bonds is 6. The topological polar surface area (TPSA) is 87.6 Å². The second-order valence-electron chi connectivity index (χ2n) is 7.68. The minimum Gasteiger partial charge on any atom is -0.296 e. The molecule has 0 amide bonds. The summed E-state index contributed by atoms with van der Waals surface area (Å²) < 4.78 is 4.53. The zero-order chi connectivity index (χ0) is 22.6. The van der Waals surface area contributed by atoms with E-state index in [0.29, 0.717) is 5.82 Å². The summed E-state index contributed by atoms with van der Waals surface area (Å²) >= 11 is 0. The van der Waals surface area contributed by atoms with Crippen molar-refractivity contribution in [3.05, 3.63) is 118 Å². The Kier molecular flexibility index (Phi) is 5.55. The van der Waals surface area contributed by atoms with Crippen LogP contribution in [-0.4, -0.2) is 20.3 Å². The Morgan fingerprint density at radius 1 is 0.939 bits per heavy atom. The molecule has 0 aliphatic heterocycles. The summed E-state index contributed by atoms with van der Waals surface area (Å²) in [6.07, 6.45) is 6.35. The third-order valence-electron chi connectivity index (χ3n) is 5.60. The molecular weight excluding hydrogens is 412 g/mol. The van der Waals surface area contributed by atoms with Crippen LogP contribution in [0.25, 0.3) is 34.2 Å². The fraction of sp³-hybridized carbons (Fsp3) is 0.0741. The third kappa shape index (κ3) is 4.32. The highest BCUT2D eigenvalue weighted by molar-refractivity contribution is 6.00. The summed E-state index contributed by atoms with van der Waals surface area (Å²) in [4.78, 5) is 13.6. The SMILES string of the molecule is CCC(=C(c1ccc(C=Cc2noc(=O)[nH]2)cc1)c1ccc2[nH]ncc2c1)c1ccccc1. The molecular formula is C27H22N4O2. The van der Waals surface area contributed by atoms with Crippen molar-refractivity contribution in [1.82, 2.24) is 20.3 Å². The summed E-state index contributed by atoms with van der Waals surface area (Å²) in [5, 5.41) is 11.9. The molecule has 33 heavy (non-hydrogen) atoms. The Bertz CT molecular complexity index is 1500. The number of allylic oxidation sites excluding steroid dienone is 1. The predicted octanol–water partition coefficient (Wildman–Crippen LogP) is 5.78. The zero-order valence-corrected chi connectivity index (χ0v) is 18.1. The highest BCUT2D eigenvalue weighted by atomic mass is 16.5. The molecule has 2 aromatic heterocycles. The van der Waals surface area contributed by atoms with E-state index in [1.54, 1.807) is 6.08 Å². The molecule has 2 heterocycles. The lowest BCUT2D eigenvalue weighted by Crippen LogP contribution is -1.95. The average Bonchev–Trinajstić information content (AvgIpc) is 3.50. The van der Waals surface area contributed by atoms with Gasteiger partial charge >= 0.3 is 5.76 Å². The maximum absolute atomic E-state index is 11.1. The number of nitrogens with one attached hydrogen (secondary N) is 2. The summed E-state index contributed by atoms with van der Waals surface area (Å²) in [6, 6.07) is 25.3. The first-order valence-electron chi connectivity index (χ1n) is 10.8. The lowest BCUT2D eigenvalue weighted by atomic mass is 9.87. The van der Waals surface area contributed by atoms with Crippen molar-refractivity contribution in [2.24, 2.45) is 0 Å². The molecule has 162 valence electrons. The van der Waals surface area contributed by atoms with Crippen LogP contribution >= 0.6 is 0 Å². The van der Waals surface area contributed by atoms with Gasteiger partial charge in [-0.15, -0.1) is 0 Å². The van der Waals surface area contributed by atoms with Gasteiger partial charge in [0.25, 0.3) is 0 Å². The smallest absolute Gasteiger partial charge is 0.296 e. The largest absolute Gasteiger partial charge is 0.439 e. The van der Waals surface area contributed by atoms with E-state index in [1.807, 2.05) is 18.3 Å². The van der Waals surface area contributed by atoms with Gasteiger partial charge in [-0.3, -0.25) is 14.6 Å². The number of fused-ring (bicyclic) bond motifs is 1. The van der Waals surface area contributed by atoms with Crippen LogP contribution in [0.1, 0.15) is 41.4 Å². The van der Waals surface area contributed by atoms with Gasteiger partial charge in [0.15, 0.2) is 5.82 Å². The van der Waals surface area contributed by atoms with Crippen LogP contribution in [0.3, 0.4) is 0 Å². The number of hydrogen-bond acceptors (Lipinski definition) is 4. The summed E-state index contributed by atoms with van der Waals surface area (Å²) in [5.41, 5.74) is 7.97. The van der Waals surface area contributed by atoms with Crippen LogP contribution < -0.4 is 5.76 Å². The molecule has 0 aliphatic carbocycles. The Morgan fingerprint density at radius 3 is 2.45 bits per heavy atom. The van der Waals surface area contributed by atoms with E-state index in [4.69, 9.17) is 0 Å². The monoisotopic (exact) mass is 434 g/mol. The van der Waals surface area contributed by atoms with E-state index >= 15 is 0 Å². The zero-order valence-electron chi connectivity index (χ0n) is 18.1. The highest BCUT2D eigenvalue weighted by Gasteiger charge is 2.14. The molecule has 0 unspecified atom stereocenters. The van der Waals surface area contributed by atoms with E-state index in [2.05, 4.69) is 98.5 Å². The lowest BCUT2D eigenvalue weighted by molar-refractivity contribution is 0.385. The van der Waals surface area contributed by atoms with Crippen LogP contribution in [0, 0.1) is 0 Å². The molecule has 0 fully saturated rings. The number of nitrogens with zero attached hydrogens (tertiary/aromatic N) is 2. The normalized spacial score (nSPS) is 12.4. The van der Waals surface area contributed by atoms with Crippen LogP contribution in [0.5, 0.6) is 0 Å². The fourth-order valence-electron chi connectivity index (χ4n) is 4.03. The molecule has 5 rings (SSSR count). The van der Waals surface area contributed by atoms with E-state index < -0.39 is 5.76 Å². The van der Waals surface area contributed by atoms with Gasteiger partial charge in [0.2, 0.25) is 0 Å². The van der Waals surface area contributed by atoms with Crippen molar-refractivity contribution in [3.8, 4) is 0 Å². The minimum absolute atomic E-state index is 0.385. The molecule has 6 heteroatoms. The molecule has 3 aromatic carbocycles. The molecule has 0 saturated carbocycles. The van der Waals surface area contributed by atoms with Gasteiger partial charge in [-0.05, 0) is 58.0 Å². The Balaban J connectivity index is 1.60. The first-order chi connectivity index (χ1) is 16.2. The van der Waals surface area contributed by atoms with Gasteiger partial charge < -0.3 is 0 Å². The number of H-pyrrole nitrogens is 2. The second kappa shape index (κ2) is 8.96. The quantitative estimate of drug-likeness (QED) is 0.332. The second-order valence-corrected chi connectivity index (χ2v) is 7.68. The number of aromatic amines is 2. The van der Waals surface area contributed by atoms with Gasteiger partial charge in [0, 0.05) is 5.39 Å². The first-order valence-corrected chi connectivity index (χ1v) is 10.8. The highest BCUT2D eigenvalue weighted by Crippen LogP contribution is 2.35.